The molecule has 0 unspecified atom stereocenters. The number of nitrogens with two attached hydrogens (primary N) is 1. The second-order valence-electron chi connectivity index (χ2n) is 3.77. The monoisotopic (exact) mass is 246 g/mol. The Morgan fingerprint density at radius 2 is 2.11 bits per heavy atom. The molecule has 3 N–H and O–H groups in total. The molecule has 0 aliphatic carbocycles. The van der Waals surface area contributed by atoms with Crippen molar-refractivity contribution in [2.45, 2.75) is 6.54 Å². The van der Waals surface area contributed by atoms with Crippen molar-refractivity contribution in [1.29, 1.82) is 0 Å². The maximum Gasteiger partial charge on any atom is 0.231 e. The van der Waals surface area contributed by atoms with Gasteiger partial charge in [0, 0.05) is 20.3 Å². The van der Waals surface area contributed by atoms with E-state index in [0.717, 1.165) is 5.69 Å². The minimum atomic E-state index is 0.180. The van der Waals surface area contributed by atoms with Crippen LogP contribution in [0.15, 0.2) is 18.6 Å². The molecule has 0 spiro atoms. The molecule has 2 aromatic heterocycles. The molecule has 0 aromatic carbocycles. The summed E-state index contributed by atoms with van der Waals surface area (Å²) >= 11 is 0. The van der Waals surface area contributed by atoms with Crippen molar-refractivity contribution in [3.8, 4) is 0 Å². The smallest absolute Gasteiger partial charge is 0.231 e. The summed E-state index contributed by atoms with van der Waals surface area (Å²) in [6.07, 6.45) is 3.17. The molecule has 0 atom stereocenters. The summed E-state index contributed by atoms with van der Waals surface area (Å²) in [4.78, 5) is 21.9. The summed E-state index contributed by atoms with van der Waals surface area (Å²) in [5.74, 6) is 1.11. The summed E-state index contributed by atoms with van der Waals surface area (Å²) in [5.41, 5.74) is 6.45. The lowest BCUT2D eigenvalue weighted by Crippen LogP contribution is -2.16. The van der Waals surface area contributed by atoms with Crippen LogP contribution in [-0.2, 0) is 6.54 Å². The van der Waals surface area contributed by atoms with Gasteiger partial charge in [-0.05, 0) is 6.07 Å². The summed E-state index contributed by atoms with van der Waals surface area (Å²) in [6, 6.07) is 1.81. The molecule has 0 amide bonds. The number of nitrogens with zero attached hydrogens (tertiary/aromatic N) is 6. The van der Waals surface area contributed by atoms with Crippen molar-refractivity contribution in [3.05, 3.63) is 24.3 Å². The van der Waals surface area contributed by atoms with Crippen molar-refractivity contribution in [2.75, 3.05) is 30.0 Å². The molecular formula is C10H14N8. The number of nitrogens with one attached hydrogen (secondary N) is 1. The predicted octanol–water partition coefficient (Wildman–Crippen LogP) is -0.0781. The van der Waals surface area contributed by atoms with Gasteiger partial charge in [-0.1, -0.05) is 0 Å². The lowest BCUT2D eigenvalue weighted by atomic mass is 10.4. The van der Waals surface area contributed by atoms with Gasteiger partial charge in [-0.2, -0.15) is 15.0 Å². The molecule has 94 valence electrons. The maximum atomic E-state index is 5.61. The summed E-state index contributed by atoms with van der Waals surface area (Å²) in [5, 5.41) is 3.04. The summed E-state index contributed by atoms with van der Waals surface area (Å²) < 4.78 is 0. The van der Waals surface area contributed by atoms with Crippen molar-refractivity contribution in [1.82, 2.24) is 24.9 Å². The molecule has 0 bridgehead atoms. The Labute approximate surface area is 104 Å². The molecule has 18 heavy (non-hydrogen) atoms. The van der Waals surface area contributed by atoms with Gasteiger partial charge in [-0.3, -0.25) is 0 Å². The van der Waals surface area contributed by atoms with Gasteiger partial charge in [-0.15, -0.1) is 0 Å². The third-order valence-electron chi connectivity index (χ3n) is 2.11. The van der Waals surface area contributed by atoms with Crippen LogP contribution < -0.4 is 16.0 Å². The Morgan fingerprint density at radius 1 is 1.28 bits per heavy atom. The van der Waals surface area contributed by atoms with E-state index in [2.05, 4.69) is 30.2 Å². The van der Waals surface area contributed by atoms with Crippen molar-refractivity contribution >= 4 is 17.8 Å². The van der Waals surface area contributed by atoms with E-state index in [4.69, 9.17) is 5.73 Å². The van der Waals surface area contributed by atoms with Crippen LogP contribution in [0.4, 0.5) is 17.8 Å². The average Bonchev–Trinajstić information content (AvgIpc) is 2.37. The zero-order chi connectivity index (χ0) is 13.0. The molecule has 0 aliphatic rings. The third kappa shape index (κ3) is 3.00. The Morgan fingerprint density at radius 3 is 2.78 bits per heavy atom. The van der Waals surface area contributed by atoms with Crippen LogP contribution in [-0.4, -0.2) is 39.0 Å². The van der Waals surface area contributed by atoms with Gasteiger partial charge in [0.15, 0.2) is 0 Å². The number of aromatic nitrogens is 5. The molecule has 2 aromatic rings. The van der Waals surface area contributed by atoms with E-state index in [1.165, 1.54) is 6.33 Å². The van der Waals surface area contributed by atoms with E-state index >= 15 is 0 Å². The fourth-order valence-corrected chi connectivity index (χ4v) is 1.25. The highest BCUT2D eigenvalue weighted by atomic mass is 15.3. The predicted molar refractivity (Wildman–Crippen MR) is 67.9 cm³/mol. The largest absolute Gasteiger partial charge is 0.368 e. The minimum Gasteiger partial charge on any atom is -0.368 e. The standard InChI is InChI=1S/C10H14N8/c1-18(2)10-16-8(11)15-9(17-10)13-5-7-3-4-12-6-14-7/h3-4,6H,5H2,1-2H3,(H3,11,13,15,16,17). The summed E-state index contributed by atoms with van der Waals surface area (Å²) in [6.45, 7) is 0.499. The second kappa shape index (κ2) is 5.21. The highest BCUT2D eigenvalue weighted by Crippen LogP contribution is 2.09. The van der Waals surface area contributed by atoms with Gasteiger partial charge in [0.05, 0.1) is 12.2 Å². The van der Waals surface area contributed by atoms with Crippen molar-refractivity contribution in [2.24, 2.45) is 0 Å². The van der Waals surface area contributed by atoms with Gasteiger partial charge < -0.3 is 16.0 Å². The van der Waals surface area contributed by atoms with Gasteiger partial charge >= 0.3 is 0 Å². The molecule has 0 saturated carbocycles. The topological polar surface area (TPSA) is 106 Å². The minimum absolute atomic E-state index is 0.180. The Kier molecular flexibility index (Phi) is 3.46. The Balaban J connectivity index is 2.10. The SMILES string of the molecule is CN(C)c1nc(N)nc(NCc2ccncn2)n1. The fraction of sp³-hybridized carbons (Fsp3) is 0.300. The zero-order valence-corrected chi connectivity index (χ0v) is 10.2. The van der Waals surface area contributed by atoms with Gasteiger partial charge in [0.1, 0.15) is 6.33 Å². The van der Waals surface area contributed by atoms with E-state index in [9.17, 15) is 0 Å². The van der Waals surface area contributed by atoms with Crippen LogP contribution in [0.25, 0.3) is 0 Å². The second-order valence-corrected chi connectivity index (χ2v) is 3.77. The highest BCUT2D eigenvalue weighted by molar-refractivity contribution is 5.40. The van der Waals surface area contributed by atoms with E-state index < -0.39 is 0 Å². The first kappa shape index (κ1) is 12.0. The van der Waals surface area contributed by atoms with Crippen LogP contribution in [0.2, 0.25) is 0 Å². The molecule has 0 fully saturated rings. The maximum absolute atomic E-state index is 5.61. The molecule has 0 saturated heterocycles. The van der Waals surface area contributed by atoms with E-state index in [1.54, 1.807) is 11.1 Å². The van der Waals surface area contributed by atoms with E-state index in [1.807, 2.05) is 20.2 Å². The first-order chi connectivity index (χ1) is 8.65. The molecule has 0 radical (unpaired) electrons. The molecule has 0 aliphatic heterocycles. The number of hydrogen-bond donors (Lipinski definition) is 2. The quantitative estimate of drug-likeness (QED) is 0.771. The van der Waals surface area contributed by atoms with Gasteiger partial charge in [0.25, 0.3) is 0 Å². The number of rotatable bonds is 4. The Bertz CT molecular complexity index is 513. The molecule has 8 nitrogen and oxygen atoms in total. The van der Waals surface area contributed by atoms with E-state index in [0.29, 0.717) is 18.4 Å². The molecular weight excluding hydrogens is 232 g/mol. The fourth-order valence-electron chi connectivity index (χ4n) is 1.25. The normalized spacial score (nSPS) is 10.1. The van der Waals surface area contributed by atoms with Crippen molar-refractivity contribution < 1.29 is 0 Å². The van der Waals surface area contributed by atoms with Gasteiger partial charge in [-0.25, -0.2) is 9.97 Å². The lowest BCUT2D eigenvalue weighted by Gasteiger charge is -2.11. The van der Waals surface area contributed by atoms with Crippen LogP contribution >= 0.6 is 0 Å². The lowest BCUT2D eigenvalue weighted by molar-refractivity contribution is 0.934. The van der Waals surface area contributed by atoms with Crippen LogP contribution in [0, 0.1) is 0 Å². The average molecular weight is 246 g/mol. The number of anilines is 3. The molecule has 8 heteroatoms. The summed E-state index contributed by atoms with van der Waals surface area (Å²) in [7, 11) is 3.67. The van der Waals surface area contributed by atoms with Crippen molar-refractivity contribution in [3.63, 3.8) is 0 Å². The number of hydrogen-bond acceptors (Lipinski definition) is 8. The Hall–Kier alpha value is -2.51. The highest BCUT2D eigenvalue weighted by Gasteiger charge is 2.05. The van der Waals surface area contributed by atoms with Crippen LogP contribution in [0.1, 0.15) is 5.69 Å². The number of nitrogen functional groups attached to an aromatic ring is 1. The van der Waals surface area contributed by atoms with Crippen LogP contribution in [0.5, 0.6) is 0 Å². The first-order valence-corrected chi connectivity index (χ1v) is 5.33. The van der Waals surface area contributed by atoms with Crippen LogP contribution in [0.3, 0.4) is 0 Å². The molecule has 2 heterocycles. The first-order valence-electron chi connectivity index (χ1n) is 5.33. The van der Waals surface area contributed by atoms with E-state index in [-0.39, 0.29) is 5.95 Å². The molecule has 2 rings (SSSR count). The zero-order valence-electron chi connectivity index (χ0n) is 10.2. The van der Waals surface area contributed by atoms with Gasteiger partial charge in [0.2, 0.25) is 17.8 Å². The third-order valence-corrected chi connectivity index (χ3v) is 2.11.